The maximum atomic E-state index is 10.3. The van der Waals surface area contributed by atoms with E-state index in [4.69, 9.17) is 4.74 Å². The largest absolute Gasteiger partial charge is 0.465 e. The number of piperidine rings is 1. The van der Waals surface area contributed by atoms with Crippen LogP contribution in [0.3, 0.4) is 0 Å². The zero-order valence-corrected chi connectivity index (χ0v) is 9.65. The SMILES string of the molecule is [CH2-][NH+]1CC[C@@](OC)(c2ccccc2)[C@H](O)C1. The van der Waals surface area contributed by atoms with Crippen molar-refractivity contribution in [3.8, 4) is 0 Å². The van der Waals surface area contributed by atoms with Gasteiger partial charge in [0.05, 0.1) is 13.1 Å². The Bertz CT molecular complexity index is 341. The summed E-state index contributed by atoms with van der Waals surface area (Å²) in [5.41, 5.74) is 0.500. The number of methoxy groups -OCH3 is 1. The van der Waals surface area contributed by atoms with Crippen molar-refractivity contribution in [3.63, 3.8) is 0 Å². The summed E-state index contributed by atoms with van der Waals surface area (Å²) in [4.78, 5) is 1.11. The second-order valence-corrected chi connectivity index (χ2v) is 4.43. The van der Waals surface area contributed by atoms with Crippen LogP contribution in [0, 0.1) is 7.05 Å². The van der Waals surface area contributed by atoms with Crippen LogP contribution >= 0.6 is 0 Å². The molecule has 1 aromatic rings. The van der Waals surface area contributed by atoms with Crippen LogP contribution in [0.4, 0.5) is 0 Å². The molecule has 0 spiro atoms. The number of aliphatic hydroxyl groups is 1. The van der Waals surface area contributed by atoms with Gasteiger partial charge in [-0.2, -0.15) is 7.05 Å². The maximum absolute atomic E-state index is 10.3. The molecular weight excluding hydrogens is 202 g/mol. The smallest absolute Gasteiger partial charge is 0.134 e. The quantitative estimate of drug-likeness (QED) is 0.688. The Morgan fingerprint density at radius 1 is 1.44 bits per heavy atom. The molecule has 1 fully saturated rings. The van der Waals surface area contributed by atoms with Crippen molar-refractivity contribution in [2.75, 3.05) is 20.2 Å². The monoisotopic (exact) mass is 221 g/mol. The van der Waals surface area contributed by atoms with Crippen molar-refractivity contribution < 1.29 is 14.7 Å². The molecule has 1 unspecified atom stereocenters. The highest BCUT2D eigenvalue weighted by molar-refractivity contribution is 5.24. The first-order valence-corrected chi connectivity index (χ1v) is 5.64. The van der Waals surface area contributed by atoms with E-state index in [0.29, 0.717) is 6.54 Å². The molecular formula is C13H19NO2. The van der Waals surface area contributed by atoms with Gasteiger partial charge in [0.15, 0.2) is 0 Å². The molecule has 0 bridgehead atoms. The molecule has 0 aliphatic carbocycles. The number of aliphatic hydroxyl groups excluding tert-OH is 1. The Balaban J connectivity index is 2.32. The van der Waals surface area contributed by atoms with Crippen LogP contribution in [0.1, 0.15) is 12.0 Å². The van der Waals surface area contributed by atoms with E-state index in [1.807, 2.05) is 30.3 Å². The number of hydrogen-bond acceptors (Lipinski definition) is 2. The first kappa shape index (κ1) is 11.6. The Labute approximate surface area is 96.6 Å². The molecule has 2 rings (SSSR count). The molecule has 2 N–H and O–H groups in total. The molecule has 3 atom stereocenters. The van der Waals surface area contributed by atoms with E-state index in [1.165, 1.54) is 0 Å². The van der Waals surface area contributed by atoms with Crippen molar-refractivity contribution in [3.05, 3.63) is 42.9 Å². The summed E-state index contributed by atoms with van der Waals surface area (Å²) in [6.07, 6.45) is 0.300. The van der Waals surface area contributed by atoms with Crippen LogP contribution in [0.5, 0.6) is 0 Å². The average Bonchev–Trinajstić information content (AvgIpc) is 2.31. The fourth-order valence-corrected chi connectivity index (χ4v) is 2.48. The molecule has 1 aliphatic heterocycles. The van der Waals surface area contributed by atoms with Crippen molar-refractivity contribution >= 4 is 0 Å². The van der Waals surface area contributed by atoms with Gasteiger partial charge in [0, 0.05) is 13.5 Å². The third kappa shape index (κ3) is 1.86. The number of benzene rings is 1. The van der Waals surface area contributed by atoms with Crippen LogP contribution in [-0.2, 0) is 10.3 Å². The third-order valence-corrected chi connectivity index (χ3v) is 3.50. The number of rotatable bonds is 2. The lowest BCUT2D eigenvalue weighted by Gasteiger charge is -2.44. The summed E-state index contributed by atoms with van der Waals surface area (Å²) in [7, 11) is 5.61. The molecule has 0 saturated carbocycles. The predicted octanol–water partition coefficient (Wildman–Crippen LogP) is -0.0306. The van der Waals surface area contributed by atoms with Gasteiger partial charge in [0.1, 0.15) is 11.7 Å². The molecule has 0 amide bonds. The minimum atomic E-state index is -0.553. The third-order valence-electron chi connectivity index (χ3n) is 3.50. The van der Waals surface area contributed by atoms with Gasteiger partial charge in [0.2, 0.25) is 0 Å². The van der Waals surface area contributed by atoms with Crippen LogP contribution < -0.4 is 4.90 Å². The zero-order chi connectivity index (χ0) is 11.6. The molecule has 0 aromatic heterocycles. The summed E-state index contributed by atoms with van der Waals surface area (Å²) in [5, 5.41) is 10.3. The average molecular weight is 221 g/mol. The van der Waals surface area contributed by atoms with E-state index < -0.39 is 11.7 Å². The minimum absolute atomic E-state index is 0.499. The van der Waals surface area contributed by atoms with E-state index in [9.17, 15) is 5.11 Å². The second kappa shape index (κ2) is 4.53. The Morgan fingerprint density at radius 3 is 2.69 bits per heavy atom. The number of likely N-dealkylation sites (tertiary alicyclic amines) is 1. The summed E-state index contributed by atoms with van der Waals surface area (Å²) in [6.45, 7) is 1.54. The van der Waals surface area contributed by atoms with E-state index in [0.717, 1.165) is 23.4 Å². The van der Waals surface area contributed by atoms with Gasteiger partial charge < -0.3 is 14.7 Å². The lowest BCUT2D eigenvalue weighted by molar-refractivity contribution is -0.867. The van der Waals surface area contributed by atoms with Crippen LogP contribution in [-0.4, -0.2) is 31.4 Å². The van der Waals surface area contributed by atoms with Crippen molar-refractivity contribution in [1.29, 1.82) is 0 Å². The van der Waals surface area contributed by atoms with E-state index >= 15 is 0 Å². The van der Waals surface area contributed by atoms with E-state index in [2.05, 4.69) is 7.05 Å². The zero-order valence-electron chi connectivity index (χ0n) is 9.65. The molecule has 1 saturated heterocycles. The highest BCUT2D eigenvalue weighted by atomic mass is 16.5. The second-order valence-electron chi connectivity index (χ2n) is 4.43. The fourth-order valence-electron chi connectivity index (χ4n) is 2.48. The summed E-state index contributed by atoms with van der Waals surface area (Å²) >= 11 is 0. The highest BCUT2D eigenvalue weighted by Gasteiger charge is 2.44. The number of quaternary nitrogens is 1. The van der Waals surface area contributed by atoms with Gasteiger partial charge in [-0.15, -0.1) is 0 Å². The fraction of sp³-hybridized carbons (Fsp3) is 0.462. The predicted molar refractivity (Wildman–Crippen MR) is 61.8 cm³/mol. The molecule has 88 valence electrons. The maximum Gasteiger partial charge on any atom is 0.134 e. The summed E-state index contributed by atoms with van der Waals surface area (Å²) < 4.78 is 5.63. The van der Waals surface area contributed by atoms with Gasteiger partial charge in [-0.3, -0.25) is 0 Å². The molecule has 3 nitrogen and oxygen atoms in total. The summed E-state index contributed by atoms with van der Waals surface area (Å²) in [5.74, 6) is 0. The first-order chi connectivity index (χ1) is 7.69. The lowest BCUT2D eigenvalue weighted by atomic mass is 9.82. The van der Waals surface area contributed by atoms with Crippen molar-refractivity contribution in [2.24, 2.45) is 0 Å². The first-order valence-electron chi connectivity index (χ1n) is 5.64. The summed E-state index contributed by atoms with van der Waals surface area (Å²) in [6, 6.07) is 9.96. The molecule has 3 heteroatoms. The minimum Gasteiger partial charge on any atom is -0.465 e. The van der Waals surface area contributed by atoms with E-state index in [1.54, 1.807) is 7.11 Å². The van der Waals surface area contributed by atoms with Crippen molar-refractivity contribution in [2.45, 2.75) is 18.1 Å². The Kier molecular flexibility index (Phi) is 3.28. The Hall–Kier alpha value is -0.900. The topological polar surface area (TPSA) is 33.9 Å². The van der Waals surface area contributed by atoms with E-state index in [-0.39, 0.29) is 0 Å². The molecule has 0 radical (unpaired) electrons. The van der Waals surface area contributed by atoms with Gasteiger partial charge in [-0.1, -0.05) is 30.3 Å². The van der Waals surface area contributed by atoms with Gasteiger partial charge >= 0.3 is 0 Å². The van der Waals surface area contributed by atoms with Gasteiger partial charge in [-0.25, -0.2) is 0 Å². The Morgan fingerprint density at radius 2 is 2.12 bits per heavy atom. The normalized spacial score (nSPS) is 34.9. The standard InChI is InChI=1S/C13H19NO2/c1-14-9-8-13(16-2,12(15)10-14)11-6-4-3-5-7-11/h3-7,12,14-15H,1,8-10H2,2H3/t12-,13-/m1/s1. The van der Waals surface area contributed by atoms with Crippen LogP contribution in [0.15, 0.2) is 30.3 Å². The van der Waals surface area contributed by atoms with Crippen LogP contribution in [0.2, 0.25) is 0 Å². The molecule has 1 aromatic carbocycles. The number of hydrogen-bond donors (Lipinski definition) is 2. The molecule has 1 aliphatic rings. The number of nitrogens with one attached hydrogen (secondary N) is 1. The number of ether oxygens (including phenoxy) is 1. The van der Waals surface area contributed by atoms with Gasteiger partial charge in [0.25, 0.3) is 0 Å². The molecule has 16 heavy (non-hydrogen) atoms. The van der Waals surface area contributed by atoms with Crippen molar-refractivity contribution in [1.82, 2.24) is 0 Å². The van der Waals surface area contributed by atoms with Crippen LogP contribution in [0.25, 0.3) is 0 Å². The van der Waals surface area contributed by atoms with Gasteiger partial charge in [-0.05, 0) is 5.56 Å². The highest BCUT2D eigenvalue weighted by Crippen LogP contribution is 2.33. The molecule has 1 heterocycles. The lowest BCUT2D eigenvalue weighted by Crippen LogP contribution is -3.10.